The highest BCUT2D eigenvalue weighted by molar-refractivity contribution is 5.89. The maximum atomic E-state index is 8.98. The van der Waals surface area contributed by atoms with Crippen LogP contribution in [0.25, 0.3) is 10.8 Å². The molecule has 68 valence electrons. The Labute approximate surface area is 83.6 Å². The number of nitriles is 1. The van der Waals surface area contributed by atoms with Gasteiger partial charge in [-0.15, -0.1) is 0 Å². The lowest BCUT2D eigenvalue weighted by Gasteiger charge is -2.03. The molecule has 0 atom stereocenters. The topological polar surface area (TPSA) is 23.8 Å². The van der Waals surface area contributed by atoms with Crippen LogP contribution < -0.4 is 0 Å². The Morgan fingerprint density at radius 3 is 2.43 bits per heavy atom. The number of aryl methyl sites for hydroxylation is 2. The van der Waals surface area contributed by atoms with Crippen LogP contribution in [0, 0.1) is 25.2 Å². The molecule has 1 heteroatoms. The van der Waals surface area contributed by atoms with Gasteiger partial charge in [0.15, 0.2) is 0 Å². The minimum Gasteiger partial charge on any atom is -0.192 e. The van der Waals surface area contributed by atoms with Crippen molar-refractivity contribution < 1.29 is 0 Å². The van der Waals surface area contributed by atoms with Gasteiger partial charge < -0.3 is 0 Å². The average molecular weight is 181 g/mol. The van der Waals surface area contributed by atoms with Gasteiger partial charge in [-0.3, -0.25) is 0 Å². The third kappa shape index (κ3) is 1.36. The van der Waals surface area contributed by atoms with Crippen LogP contribution in [0.1, 0.15) is 16.7 Å². The normalized spacial score (nSPS) is 10.1. The summed E-state index contributed by atoms with van der Waals surface area (Å²) in [6, 6.07) is 12.4. The predicted octanol–water partition coefficient (Wildman–Crippen LogP) is 3.33. The molecule has 2 aromatic carbocycles. The Hall–Kier alpha value is -1.81. The van der Waals surface area contributed by atoms with Crippen LogP contribution in [-0.2, 0) is 0 Å². The van der Waals surface area contributed by atoms with Gasteiger partial charge >= 0.3 is 0 Å². The van der Waals surface area contributed by atoms with Crippen LogP contribution in [-0.4, -0.2) is 0 Å². The van der Waals surface area contributed by atoms with Crippen LogP contribution in [0.5, 0.6) is 0 Å². The first kappa shape index (κ1) is 8.77. The summed E-state index contributed by atoms with van der Waals surface area (Å²) in [6.07, 6.45) is 0. The molecule has 0 N–H and O–H groups in total. The van der Waals surface area contributed by atoms with Gasteiger partial charge in [0.1, 0.15) is 0 Å². The molecule has 0 amide bonds. The fraction of sp³-hybridized carbons (Fsp3) is 0.154. The van der Waals surface area contributed by atoms with Crippen molar-refractivity contribution in [2.24, 2.45) is 0 Å². The van der Waals surface area contributed by atoms with Gasteiger partial charge in [0.2, 0.25) is 0 Å². The van der Waals surface area contributed by atoms with E-state index >= 15 is 0 Å². The second-order valence-corrected chi connectivity index (χ2v) is 3.65. The zero-order valence-electron chi connectivity index (χ0n) is 8.33. The molecular formula is C13H11N. The van der Waals surface area contributed by atoms with E-state index in [9.17, 15) is 0 Å². The Bertz CT molecular complexity index is 527. The van der Waals surface area contributed by atoms with Crippen molar-refractivity contribution in [2.75, 3.05) is 0 Å². The van der Waals surface area contributed by atoms with E-state index in [0.29, 0.717) is 0 Å². The van der Waals surface area contributed by atoms with E-state index in [0.717, 1.165) is 21.9 Å². The van der Waals surface area contributed by atoms with Crippen molar-refractivity contribution in [1.82, 2.24) is 0 Å². The fourth-order valence-corrected chi connectivity index (χ4v) is 1.73. The molecule has 0 aliphatic heterocycles. The Kier molecular flexibility index (Phi) is 1.98. The third-order valence-electron chi connectivity index (χ3n) is 2.37. The van der Waals surface area contributed by atoms with Crippen molar-refractivity contribution >= 4 is 10.8 Å². The maximum absolute atomic E-state index is 8.98. The smallest absolute Gasteiger partial charge is 0.0998 e. The minimum absolute atomic E-state index is 0.764. The summed E-state index contributed by atoms with van der Waals surface area (Å²) in [5.41, 5.74) is 3.13. The molecule has 0 aliphatic carbocycles. The summed E-state index contributed by atoms with van der Waals surface area (Å²) < 4.78 is 0. The lowest BCUT2D eigenvalue weighted by atomic mass is 10.0. The van der Waals surface area contributed by atoms with E-state index in [1.54, 1.807) is 0 Å². The maximum Gasteiger partial charge on any atom is 0.0998 e. The molecule has 14 heavy (non-hydrogen) atoms. The number of nitrogens with zero attached hydrogens (tertiary/aromatic N) is 1. The molecule has 0 aliphatic rings. The Morgan fingerprint density at radius 2 is 1.71 bits per heavy atom. The summed E-state index contributed by atoms with van der Waals surface area (Å²) in [4.78, 5) is 0. The predicted molar refractivity (Wildman–Crippen MR) is 58.1 cm³/mol. The van der Waals surface area contributed by atoms with Crippen molar-refractivity contribution in [3.63, 3.8) is 0 Å². The molecule has 0 aromatic heterocycles. The largest absolute Gasteiger partial charge is 0.192 e. The molecule has 0 fully saturated rings. The molecule has 0 heterocycles. The van der Waals surface area contributed by atoms with Crippen LogP contribution in [0.3, 0.4) is 0 Å². The standard InChI is InChI=1S/C13H11N/c1-9-3-4-13-11(5-9)6-10(2)7-12(13)8-14/h3-7H,1-2H3. The van der Waals surface area contributed by atoms with Crippen molar-refractivity contribution in [2.45, 2.75) is 13.8 Å². The second kappa shape index (κ2) is 3.16. The third-order valence-corrected chi connectivity index (χ3v) is 2.37. The summed E-state index contributed by atoms with van der Waals surface area (Å²) in [5.74, 6) is 0. The van der Waals surface area contributed by atoms with Crippen molar-refractivity contribution in [3.05, 3.63) is 47.0 Å². The first-order valence-corrected chi connectivity index (χ1v) is 4.62. The van der Waals surface area contributed by atoms with Gasteiger partial charge in [0, 0.05) is 0 Å². The number of fused-ring (bicyclic) bond motifs is 1. The van der Waals surface area contributed by atoms with Crippen LogP contribution >= 0.6 is 0 Å². The first-order chi connectivity index (χ1) is 6.70. The number of hydrogen-bond donors (Lipinski definition) is 0. The van der Waals surface area contributed by atoms with Crippen LogP contribution in [0.15, 0.2) is 30.3 Å². The molecule has 0 spiro atoms. The minimum atomic E-state index is 0.764. The summed E-state index contributed by atoms with van der Waals surface area (Å²) in [6.45, 7) is 4.08. The molecule has 1 nitrogen and oxygen atoms in total. The Balaban J connectivity index is 2.89. The first-order valence-electron chi connectivity index (χ1n) is 4.62. The number of hydrogen-bond acceptors (Lipinski definition) is 1. The van der Waals surface area contributed by atoms with E-state index < -0.39 is 0 Å². The summed E-state index contributed by atoms with van der Waals surface area (Å²) in [7, 11) is 0. The van der Waals surface area contributed by atoms with Crippen molar-refractivity contribution in [1.29, 1.82) is 5.26 Å². The van der Waals surface area contributed by atoms with Gasteiger partial charge in [-0.25, -0.2) is 0 Å². The molecule has 0 saturated carbocycles. The molecule has 0 unspecified atom stereocenters. The van der Waals surface area contributed by atoms with Gasteiger partial charge in [-0.05, 0) is 36.2 Å². The van der Waals surface area contributed by atoms with E-state index in [2.05, 4.69) is 25.1 Å². The zero-order chi connectivity index (χ0) is 10.1. The number of benzene rings is 2. The highest BCUT2D eigenvalue weighted by Crippen LogP contribution is 2.21. The lowest BCUT2D eigenvalue weighted by Crippen LogP contribution is -1.83. The zero-order valence-corrected chi connectivity index (χ0v) is 8.33. The van der Waals surface area contributed by atoms with Gasteiger partial charge in [0.05, 0.1) is 11.6 Å². The van der Waals surface area contributed by atoms with Crippen LogP contribution in [0.2, 0.25) is 0 Å². The highest BCUT2D eigenvalue weighted by Gasteiger charge is 2.01. The van der Waals surface area contributed by atoms with E-state index in [1.165, 1.54) is 5.56 Å². The lowest BCUT2D eigenvalue weighted by molar-refractivity contribution is 1.44. The summed E-state index contributed by atoms with van der Waals surface area (Å²) >= 11 is 0. The van der Waals surface area contributed by atoms with Gasteiger partial charge in [-0.2, -0.15) is 5.26 Å². The molecule has 0 saturated heterocycles. The average Bonchev–Trinajstić information content (AvgIpc) is 2.15. The second-order valence-electron chi connectivity index (χ2n) is 3.65. The molecule has 2 rings (SSSR count). The monoisotopic (exact) mass is 181 g/mol. The van der Waals surface area contributed by atoms with Gasteiger partial charge in [-0.1, -0.05) is 29.8 Å². The molecule has 0 bridgehead atoms. The molecule has 0 radical (unpaired) electrons. The van der Waals surface area contributed by atoms with E-state index in [-0.39, 0.29) is 0 Å². The van der Waals surface area contributed by atoms with Gasteiger partial charge in [0.25, 0.3) is 0 Å². The SMILES string of the molecule is Cc1ccc2c(C#N)cc(C)cc2c1. The Morgan fingerprint density at radius 1 is 1.00 bits per heavy atom. The summed E-state index contributed by atoms with van der Waals surface area (Å²) in [5, 5.41) is 11.2. The highest BCUT2D eigenvalue weighted by atomic mass is 14.2. The molecule has 2 aromatic rings. The quantitative estimate of drug-likeness (QED) is 0.611. The molecular weight excluding hydrogens is 170 g/mol. The van der Waals surface area contributed by atoms with Crippen molar-refractivity contribution in [3.8, 4) is 6.07 Å². The van der Waals surface area contributed by atoms with Crippen LogP contribution in [0.4, 0.5) is 0 Å². The van der Waals surface area contributed by atoms with E-state index in [1.807, 2.05) is 25.1 Å². The fourth-order valence-electron chi connectivity index (χ4n) is 1.73. The number of rotatable bonds is 0. The van der Waals surface area contributed by atoms with E-state index in [4.69, 9.17) is 5.26 Å².